The maximum absolute atomic E-state index is 10.8. The molecular formula is C8H11N3O2. The van der Waals surface area contributed by atoms with Crippen LogP contribution in [0.3, 0.4) is 0 Å². The Morgan fingerprint density at radius 1 is 1.69 bits per heavy atom. The second-order valence-corrected chi connectivity index (χ2v) is 3.16. The summed E-state index contributed by atoms with van der Waals surface area (Å²) in [5, 5.41) is 11.8. The fraction of sp³-hybridized carbons (Fsp3) is 0.500. The molecule has 0 radical (unpaired) electrons. The Kier molecular flexibility index (Phi) is 1.81. The van der Waals surface area contributed by atoms with E-state index in [1.807, 2.05) is 6.92 Å². The normalized spacial score (nSPS) is 21.2. The van der Waals surface area contributed by atoms with Gasteiger partial charge in [0.1, 0.15) is 5.82 Å². The Balaban J connectivity index is 2.41. The van der Waals surface area contributed by atoms with Crippen LogP contribution in [0.2, 0.25) is 0 Å². The molecule has 5 nitrogen and oxygen atoms in total. The van der Waals surface area contributed by atoms with Gasteiger partial charge in [0.25, 0.3) is 0 Å². The molecular weight excluding hydrogens is 170 g/mol. The van der Waals surface area contributed by atoms with Gasteiger partial charge in [-0.1, -0.05) is 0 Å². The summed E-state index contributed by atoms with van der Waals surface area (Å²) in [6, 6.07) is -0.645. The van der Waals surface area contributed by atoms with Crippen molar-refractivity contribution in [2.24, 2.45) is 0 Å². The van der Waals surface area contributed by atoms with Crippen molar-refractivity contribution in [2.45, 2.75) is 19.4 Å². The van der Waals surface area contributed by atoms with Crippen molar-refractivity contribution in [1.29, 1.82) is 0 Å². The van der Waals surface area contributed by atoms with Gasteiger partial charge in [0.05, 0.1) is 5.69 Å². The molecule has 0 bridgehead atoms. The first kappa shape index (κ1) is 8.25. The van der Waals surface area contributed by atoms with Crippen LogP contribution in [-0.2, 0) is 11.2 Å². The Bertz CT molecular complexity index is 345. The fourth-order valence-corrected chi connectivity index (χ4v) is 1.63. The Morgan fingerprint density at radius 3 is 3.15 bits per heavy atom. The number of H-pyrrole nitrogens is 1. The van der Waals surface area contributed by atoms with Gasteiger partial charge in [0.2, 0.25) is 0 Å². The van der Waals surface area contributed by atoms with E-state index in [-0.39, 0.29) is 0 Å². The second-order valence-electron chi connectivity index (χ2n) is 3.16. The molecule has 5 heteroatoms. The van der Waals surface area contributed by atoms with Crippen molar-refractivity contribution in [3.8, 4) is 0 Å². The number of carboxylic acids is 1. The molecule has 1 aromatic rings. The van der Waals surface area contributed by atoms with Crippen LogP contribution in [0.4, 0.5) is 0 Å². The molecule has 70 valence electrons. The van der Waals surface area contributed by atoms with Gasteiger partial charge in [0.15, 0.2) is 6.04 Å². The van der Waals surface area contributed by atoms with Crippen LogP contribution in [0.25, 0.3) is 0 Å². The van der Waals surface area contributed by atoms with Crippen molar-refractivity contribution in [3.05, 3.63) is 17.2 Å². The Hall–Kier alpha value is -1.36. The van der Waals surface area contributed by atoms with Crippen molar-refractivity contribution in [3.63, 3.8) is 0 Å². The van der Waals surface area contributed by atoms with Crippen LogP contribution in [0, 0.1) is 6.92 Å². The SMILES string of the molecule is Cc1nc2c([nH]1)CCNC2C(=O)O. The van der Waals surface area contributed by atoms with E-state index >= 15 is 0 Å². The molecule has 0 saturated carbocycles. The molecule has 0 spiro atoms. The van der Waals surface area contributed by atoms with E-state index in [0.29, 0.717) is 12.2 Å². The number of aliphatic carboxylic acids is 1. The zero-order chi connectivity index (χ0) is 9.42. The number of fused-ring (bicyclic) bond motifs is 1. The van der Waals surface area contributed by atoms with E-state index in [1.54, 1.807) is 0 Å². The lowest BCUT2D eigenvalue weighted by molar-refractivity contribution is -0.139. The number of hydrogen-bond donors (Lipinski definition) is 3. The highest BCUT2D eigenvalue weighted by molar-refractivity contribution is 5.75. The maximum atomic E-state index is 10.8. The third-order valence-electron chi connectivity index (χ3n) is 2.17. The van der Waals surface area contributed by atoms with Gasteiger partial charge in [-0.3, -0.25) is 10.1 Å². The van der Waals surface area contributed by atoms with E-state index in [9.17, 15) is 4.79 Å². The molecule has 2 rings (SSSR count). The fourth-order valence-electron chi connectivity index (χ4n) is 1.63. The summed E-state index contributed by atoms with van der Waals surface area (Å²) < 4.78 is 0. The molecule has 0 fully saturated rings. The standard InChI is InChI=1S/C8H11N3O2/c1-4-10-5-2-3-9-7(8(12)13)6(5)11-4/h7,9H,2-3H2,1H3,(H,10,11)(H,12,13). The summed E-state index contributed by atoms with van der Waals surface area (Å²) in [6.45, 7) is 2.52. The predicted octanol–water partition coefficient (Wildman–Crippen LogP) is -0.0105. The highest BCUT2D eigenvalue weighted by Crippen LogP contribution is 2.20. The molecule has 0 aromatic carbocycles. The number of imidazole rings is 1. The first-order chi connectivity index (χ1) is 6.18. The summed E-state index contributed by atoms with van der Waals surface area (Å²) in [6.07, 6.45) is 0.819. The largest absolute Gasteiger partial charge is 0.480 e. The number of carbonyl (C=O) groups is 1. The third kappa shape index (κ3) is 1.31. The van der Waals surface area contributed by atoms with Crippen LogP contribution >= 0.6 is 0 Å². The molecule has 3 N–H and O–H groups in total. The van der Waals surface area contributed by atoms with E-state index in [4.69, 9.17) is 5.11 Å². The minimum atomic E-state index is -0.868. The zero-order valence-electron chi connectivity index (χ0n) is 7.29. The van der Waals surface area contributed by atoms with Crippen molar-refractivity contribution in [1.82, 2.24) is 15.3 Å². The van der Waals surface area contributed by atoms with Gasteiger partial charge in [0, 0.05) is 18.7 Å². The summed E-state index contributed by atoms with van der Waals surface area (Å²) in [4.78, 5) is 18.0. The quantitative estimate of drug-likeness (QED) is 0.569. The van der Waals surface area contributed by atoms with E-state index in [2.05, 4.69) is 15.3 Å². The van der Waals surface area contributed by atoms with E-state index in [1.165, 1.54) is 0 Å². The molecule has 0 saturated heterocycles. The Morgan fingerprint density at radius 2 is 2.46 bits per heavy atom. The molecule has 0 amide bonds. The van der Waals surface area contributed by atoms with Crippen LogP contribution in [-0.4, -0.2) is 27.6 Å². The van der Waals surface area contributed by atoms with Crippen LogP contribution in [0.5, 0.6) is 0 Å². The highest BCUT2D eigenvalue weighted by Gasteiger charge is 2.28. The monoisotopic (exact) mass is 181 g/mol. The molecule has 0 aliphatic carbocycles. The van der Waals surface area contributed by atoms with Crippen molar-refractivity contribution in [2.75, 3.05) is 6.54 Å². The average molecular weight is 181 g/mol. The summed E-state index contributed by atoms with van der Waals surface area (Å²) in [7, 11) is 0. The maximum Gasteiger partial charge on any atom is 0.327 e. The number of rotatable bonds is 1. The number of aryl methyl sites for hydroxylation is 1. The lowest BCUT2D eigenvalue weighted by Gasteiger charge is -2.18. The molecule has 1 aliphatic rings. The summed E-state index contributed by atoms with van der Waals surface area (Å²) >= 11 is 0. The van der Waals surface area contributed by atoms with Gasteiger partial charge < -0.3 is 10.1 Å². The van der Waals surface area contributed by atoms with Gasteiger partial charge in [-0.25, -0.2) is 4.98 Å². The number of nitrogens with one attached hydrogen (secondary N) is 2. The second kappa shape index (κ2) is 2.85. The first-order valence-electron chi connectivity index (χ1n) is 4.20. The van der Waals surface area contributed by atoms with Crippen LogP contribution < -0.4 is 5.32 Å². The zero-order valence-corrected chi connectivity index (χ0v) is 7.29. The van der Waals surface area contributed by atoms with Gasteiger partial charge in [-0.05, 0) is 6.92 Å². The third-order valence-corrected chi connectivity index (χ3v) is 2.17. The molecule has 13 heavy (non-hydrogen) atoms. The molecule has 2 heterocycles. The van der Waals surface area contributed by atoms with Crippen molar-refractivity contribution < 1.29 is 9.90 Å². The highest BCUT2D eigenvalue weighted by atomic mass is 16.4. The number of hydrogen-bond acceptors (Lipinski definition) is 3. The lowest BCUT2D eigenvalue weighted by atomic mass is 10.1. The average Bonchev–Trinajstić information content (AvgIpc) is 2.43. The summed E-state index contributed by atoms with van der Waals surface area (Å²) in [5.74, 6) is -0.0904. The van der Waals surface area contributed by atoms with Gasteiger partial charge >= 0.3 is 5.97 Å². The lowest BCUT2D eigenvalue weighted by Crippen LogP contribution is -2.35. The van der Waals surface area contributed by atoms with Crippen LogP contribution in [0.15, 0.2) is 0 Å². The molecule has 1 atom stereocenters. The summed E-state index contributed by atoms with van der Waals surface area (Å²) in [5.41, 5.74) is 1.58. The topological polar surface area (TPSA) is 78.0 Å². The number of aromatic amines is 1. The molecule has 1 aromatic heterocycles. The Labute approximate surface area is 75.2 Å². The molecule has 1 aliphatic heterocycles. The smallest absolute Gasteiger partial charge is 0.327 e. The minimum Gasteiger partial charge on any atom is -0.480 e. The predicted molar refractivity (Wildman–Crippen MR) is 45.4 cm³/mol. The van der Waals surface area contributed by atoms with Gasteiger partial charge in [-0.2, -0.15) is 0 Å². The first-order valence-corrected chi connectivity index (χ1v) is 4.20. The van der Waals surface area contributed by atoms with Gasteiger partial charge in [-0.15, -0.1) is 0 Å². The minimum absolute atomic E-state index is 0.635. The van der Waals surface area contributed by atoms with E-state index < -0.39 is 12.0 Å². The number of aromatic nitrogens is 2. The number of carboxylic acid groups (broad SMARTS) is 1. The van der Waals surface area contributed by atoms with Crippen LogP contribution in [0.1, 0.15) is 23.3 Å². The number of nitrogens with zero attached hydrogens (tertiary/aromatic N) is 1. The molecule has 1 unspecified atom stereocenters. The van der Waals surface area contributed by atoms with E-state index in [0.717, 1.165) is 17.9 Å². The van der Waals surface area contributed by atoms with Crippen molar-refractivity contribution >= 4 is 5.97 Å².